The molecule has 0 saturated heterocycles. The summed E-state index contributed by atoms with van der Waals surface area (Å²) in [6.07, 6.45) is 2.47. The molecule has 0 aliphatic heterocycles. The van der Waals surface area contributed by atoms with E-state index >= 15 is 0 Å². The van der Waals surface area contributed by atoms with Crippen LogP contribution in [0.1, 0.15) is 52.1 Å². The van der Waals surface area contributed by atoms with Gasteiger partial charge in [-0.25, -0.2) is 0 Å². The zero-order valence-electron chi connectivity index (χ0n) is 11.7. The molecule has 0 fully saturated rings. The van der Waals surface area contributed by atoms with Crippen LogP contribution in [0.15, 0.2) is 30.3 Å². The Morgan fingerprint density at radius 3 is 2.06 bits per heavy atom. The van der Waals surface area contributed by atoms with Crippen molar-refractivity contribution >= 4 is 0 Å². The number of hydrogen-bond acceptors (Lipinski definition) is 1. The molecule has 1 aromatic carbocycles. The van der Waals surface area contributed by atoms with Crippen molar-refractivity contribution in [2.24, 2.45) is 11.8 Å². The van der Waals surface area contributed by atoms with Crippen molar-refractivity contribution in [3.05, 3.63) is 35.9 Å². The third-order valence-corrected chi connectivity index (χ3v) is 3.42. The number of benzene rings is 1. The van der Waals surface area contributed by atoms with Crippen LogP contribution in [0.4, 0.5) is 0 Å². The molecular weight excluding hydrogens is 206 g/mol. The summed E-state index contributed by atoms with van der Waals surface area (Å²) in [5.41, 5.74) is 1.43. The predicted molar refractivity (Wildman–Crippen MR) is 76.1 cm³/mol. The van der Waals surface area contributed by atoms with Crippen LogP contribution in [0.3, 0.4) is 0 Å². The lowest BCUT2D eigenvalue weighted by atomic mass is 9.88. The molecule has 1 nitrogen and oxygen atoms in total. The van der Waals surface area contributed by atoms with Gasteiger partial charge in [0.15, 0.2) is 0 Å². The maximum Gasteiger partial charge on any atom is 0.0348 e. The van der Waals surface area contributed by atoms with E-state index < -0.39 is 0 Å². The first kappa shape index (κ1) is 14.2. The van der Waals surface area contributed by atoms with Gasteiger partial charge in [-0.15, -0.1) is 0 Å². The molecule has 1 atom stereocenters. The number of rotatable bonds is 7. The monoisotopic (exact) mass is 233 g/mol. The molecule has 1 N–H and O–H groups in total. The summed E-state index contributed by atoms with van der Waals surface area (Å²) in [4.78, 5) is 0. The summed E-state index contributed by atoms with van der Waals surface area (Å²) in [7, 11) is 0. The second kappa shape index (κ2) is 7.50. The van der Waals surface area contributed by atoms with Crippen molar-refractivity contribution in [2.45, 2.75) is 46.6 Å². The summed E-state index contributed by atoms with van der Waals surface area (Å²) in [5, 5.41) is 3.74. The summed E-state index contributed by atoms with van der Waals surface area (Å²) in [5.74, 6) is 1.44. The molecule has 0 radical (unpaired) electrons. The van der Waals surface area contributed by atoms with Crippen LogP contribution < -0.4 is 5.32 Å². The Balaban J connectivity index is 2.78. The lowest BCUT2D eigenvalue weighted by Gasteiger charge is -2.28. The second-order valence-corrected chi connectivity index (χ2v) is 5.27. The molecule has 96 valence electrons. The minimum absolute atomic E-state index is 0.508. The van der Waals surface area contributed by atoms with Gasteiger partial charge in [0.25, 0.3) is 0 Å². The topological polar surface area (TPSA) is 12.0 Å². The fourth-order valence-corrected chi connectivity index (χ4v) is 2.34. The maximum absolute atomic E-state index is 3.74. The highest BCUT2D eigenvalue weighted by Crippen LogP contribution is 2.27. The molecule has 0 bridgehead atoms. The molecule has 0 saturated carbocycles. The Labute approximate surface area is 107 Å². The zero-order valence-corrected chi connectivity index (χ0v) is 11.7. The van der Waals surface area contributed by atoms with E-state index in [1.54, 1.807) is 0 Å². The molecule has 0 heterocycles. The third kappa shape index (κ3) is 4.51. The van der Waals surface area contributed by atoms with E-state index in [9.17, 15) is 0 Å². The van der Waals surface area contributed by atoms with E-state index in [1.807, 2.05) is 0 Å². The van der Waals surface area contributed by atoms with Gasteiger partial charge in [0.05, 0.1) is 0 Å². The highest BCUT2D eigenvalue weighted by Gasteiger charge is 2.19. The number of nitrogens with one attached hydrogen (secondary N) is 1. The van der Waals surface area contributed by atoms with Crippen LogP contribution >= 0.6 is 0 Å². The van der Waals surface area contributed by atoms with E-state index in [2.05, 4.69) is 63.3 Å². The van der Waals surface area contributed by atoms with Crippen molar-refractivity contribution < 1.29 is 0 Å². The molecule has 0 aliphatic carbocycles. The minimum atomic E-state index is 0.508. The number of hydrogen-bond donors (Lipinski definition) is 1. The Morgan fingerprint density at radius 2 is 1.59 bits per heavy atom. The Kier molecular flexibility index (Phi) is 6.28. The summed E-state index contributed by atoms with van der Waals surface area (Å²) >= 11 is 0. The highest BCUT2D eigenvalue weighted by atomic mass is 14.9. The van der Waals surface area contributed by atoms with Crippen molar-refractivity contribution in [3.8, 4) is 0 Å². The fraction of sp³-hybridized carbons (Fsp3) is 0.625. The van der Waals surface area contributed by atoms with Crippen LogP contribution in [-0.4, -0.2) is 6.54 Å². The normalized spacial score (nSPS) is 13.3. The molecule has 0 amide bonds. The Morgan fingerprint density at radius 1 is 1.00 bits per heavy atom. The SMILES string of the molecule is CCC(CC)C(NCC(C)C)c1ccccc1. The van der Waals surface area contributed by atoms with Gasteiger partial charge in [0.1, 0.15) is 0 Å². The van der Waals surface area contributed by atoms with Gasteiger partial charge >= 0.3 is 0 Å². The largest absolute Gasteiger partial charge is 0.309 e. The van der Waals surface area contributed by atoms with Gasteiger partial charge in [-0.3, -0.25) is 0 Å². The van der Waals surface area contributed by atoms with Gasteiger partial charge in [-0.2, -0.15) is 0 Å². The molecule has 1 rings (SSSR count). The van der Waals surface area contributed by atoms with Crippen LogP contribution in [-0.2, 0) is 0 Å². The molecule has 0 aromatic heterocycles. The van der Waals surface area contributed by atoms with Gasteiger partial charge < -0.3 is 5.32 Å². The van der Waals surface area contributed by atoms with E-state index in [0.29, 0.717) is 12.0 Å². The van der Waals surface area contributed by atoms with Crippen molar-refractivity contribution in [1.29, 1.82) is 0 Å². The maximum atomic E-state index is 3.74. The molecular formula is C16H27N. The first-order valence-corrected chi connectivity index (χ1v) is 6.97. The van der Waals surface area contributed by atoms with E-state index in [1.165, 1.54) is 18.4 Å². The van der Waals surface area contributed by atoms with Gasteiger partial charge in [0, 0.05) is 6.04 Å². The Hall–Kier alpha value is -0.820. The van der Waals surface area contributed by atoms with Crippen LogP contribution in [0.25, 0.3) is 0 Å². The third-order valence-electron chi connectivity index (χ3n) is 3.42. The molecule has 1 aromatic rings. The summed E-state index contributed by atoms with van der Waals surface area (Å²) in [6, 6.07) is 11.4. The highest BCUT2D eigenvalue weighted by molar-refractivity contribution is 5.19. The first-order valence-electron chi connectivity index (χ1n) is 6.97. The molecule has 17 heavy (non-hydrogen) atoms. The van der Waals surface area contributed by atoms with Gasteiger partial charge in [0.2, 0.25) is 0 Å². The average molecular weight is 233 g/mol. The minimum Gasteiger partial charge on any atom is -0.309 e. The molecule has 1 unspecified atom stereocenters. The zero-order chi connectivity index (χ0) is 12.7. The smallest absolute Gasteiger partial charge is 0.0348 e. The van der Waals surface area contributed by atoms with Gasteiger partial charge in [-0.1, -0.05) is 70.9 Å². The van der Waals surface area contributed by atoms with Crippen molar-refractivity contribution in [2.75, 3.05) is 6.54 Å². The van der Waals surface area contributed by atoms with Crippen LogP contribution in [0, 0.1) is 11.8 Å². The summed E-state index contributed by atoms with van der Waals surface area (Å²) in [6.45, 7) is 10.2. The van der Waals surface area contributed by atoms with E-state index in [-0.39, 0.29) is 0 Å². The molecule has 0 spiro atoms. The lowest BCUT2D eigenvalue weighted by Crippen LogP contribution is -2.30. The Bertz CT molecular complexity index is 288. The van der Waals surface area contributed by atoms with Crippen molar-refractivity contribution in [3.63, 3.8) is 0 Å². The average Bonchev–Trinajstić information content (AvgIpc) is 2.35. The standard InChI is InChI=1S/C16H27N/c1-5-14(6-2)16(17-12-13(3)4)15-10-8-7-9-11-15/h7-11,13-14,16-17H,5-6,12H2,1-4H3. The molecule has 0 aliphatic rings. The van der Waals surface area contributed by atoms with Gasteiger partial charge in [-0.05, 0) is 23.9 Å². The quantitative estimate of drug-likeness (QED) is 0.735. The van der Waals surface area contributed by atoms with E-state index in [4.69, 9.17) is 0 Å². The predicted octanol–water partition coefficient (Wildman–Crippen LogP) is 4.41. The fourth-order valence-electron chi connectivity index (χ4n) is 2.34. The van der Waals surface area contributed by atoms with Crippen LogP contribution in [0.2, 0.25) is 0 Å². The second-order valence-electron chi connectivity index (χ2n) is 5.27. The van der Waals surface area contributed by atoms with Crippen molar-refractivity contribution in [1.82, 2.24) is 5.32 Å². The first-order chi connectivity index (χ1) is 8.19. The lowest BCUT2D eigenvalue weighted by molar-refractivity contribution is 0.328. The molecule has 1 heteroatoms. The van der Waals surface area contributed by atoms with E-state index in [0.717, 1.165) is 12.5 Å². The van der Waals surface area contributed by atoms with Crippen LogP contribution in [0.5, 0.6) is 0 Å². The summed E-state index contributed by atoms with van der Waals surface area (Å²) < 4.78 is 0.